The van der Waals surface area contributed by atoms with E-state index in [0.717, 1.165) is 6.42 Å². The van der Waals surface area contributed by atoms with Crippen LogP contribution in [0.3, 0.4) is 0 Å². The van der Waals surface area contributed by atoms with Gasteiger partial charge in [0.2, 0.25) is 5.91 Å². The summed E-state index contributed by atoms with van der Waals surface area (Å²) in [6.07, 6.45) is 0.878. The van der Waals surface area contributed by atoms with Crippen LogP contribution >= 0.6 is 0 Å². The SMILES string of the molecule is O=C(Nc1ccccc1O)[C@@H]1C[C@H]1c1ccccc1. The van der Waals surface area contributed by atoms with Gasteiger partial charge >= 0.3 is 0 Å². The van der Waals surface area contributed by atoms with E-state index in [1.165, 1.54) is 5.56 Å². The van der Waals surface area contributed by atoms with Gasteiger partial charge in [0.1, 0.15) is 5.75 Å². The molecule has 0 heterocycles. The van der Waals surface area contributed by atoms with Crippen LogP contribution in [0.4, 0.5) is 5.69 Å². The van der Waals surface area contributed by atoms with Gasteiger partial charge < -0.3 is 10.4 Å². The Morgan fingerprint density at radius 2 is 1.74 bits per heavy atom. The van der Waals surface area contributed by atoms with Crippen molar-refractivity contribution in [3.8, 4) is 5.75 Å². The molecule has 2 N–H and O–H groups in total. The van der Waals surface area contributed by atoms with Crippen LogP contribution in [0.15, 0.2) is 54.6 Å². The molecular formula is C16H15NO2. The number of para-hydroxylation sites is 2. The van der Waals surface area contributed by atoms with Gasteiger partial charge in [0.15, 0.2) is 0 Å². The summed E-state index contributed by atoms with van der Waals surface area (Å²) in [5, 5.41) is 12.4. The van der Waals surface area contributed by atoms with Gasteiger partial charge in [-0.3, -0.25) is 4.79 Å². The predicted octanol–water partition coefficient (Wildman–Crippen LogP) is 3.13. The van der Waals surface area contributed by atoms with Gasteiger partial charge in [-0.2, -0.15) is 0 Å². The third-order valence-electron chi connectivity index (χ3n) is 3.52. The average Bonchev–Trinajstić information content (AvgIpc) is 3.23. The highest BCUT2D eigenvalue weighted by atomic mass is 16.3. The minimum absolute atomic E-state index is 0.0157. The third-order valence-corrected chi connectivity index (χ3v) is 3.52. The molecule has 2 aromatic carbocycles. The molecule has 19 heavy (non-hydrogen) atoms. The number of phenols is 1. The minimum atomic E-state index is -0.0182. The number of phenolic OH excluding ortho intramolecular Hbond substituents is 1. The van der Waals surface area contributed by atoms with Gasteiger partial charge in [0.25, 0.3) is 0 Å². The van der Waals surface area contributed by atoms with Crippen LogP contribution in [0.2, 0.25) is 0 Å². The Morgan fingerprint density at radius 1 is 1.05 bits per heavy atom. The van der Waals surface area contributed by atoms with E-state index >= 15 is 0 Å². The summed E-state index contributed by atoms with van der Waals surface area (Å²) in [4.78, 5) is 12.1. The number of carbonyl (C=O) groups excluding carboxylic acids is 1. The van der Waals surface area contributed by atoms with E-state index in [1.807, 2.05) is 18.2 Å². The van der Waals surface area contributed by atoms with Crippen molar-refractivity contribution < 1.29 is 9.90 Å². The van der Waals surface area contributed by atoms with Crippen LogP contribution in [-0.2, 0) is 4.79 Å². The Hall–Kier alpha value is -2.29. The largest absolute Gasteiger partial charge is 0.506 e. The maximum atomic E-state index is 12.1. The molecule has 0 spiro atoms. The molecule has 0 unspecified atom stereocenters. The lowest BCUT2D eigenvalue weighted by atomic mass is 10.1. The van der Waals surface area contributed by atoms with Crippen molar-refractivity contribution in [1.82, 2.24) is 0 Å². The number of amides is 1. The number of aromatic hydroxyl groups is 1. The highest BCUT2D eigenvalue weighted by Gasteiger charge is 2.43. The minimum Gasteiger partial charge on any atom is -0.506 e. The highest BCUT2D eigenvalue weighted by molar-refractivity contribution is 5.96. The molecule has 96 valence electrons. The smallest absolute Gasteiger partial charge is 0.228 e. The molecule has 0 aromatic heterocycles. The van der Waals surface area contributed by atoms with E-state index in [0.29, 0.717) is 11.6 Å². The van der Waals surface area contributed by atoms with Gasteiger partial charge in [-0.05, 0) is 30.0 Å². The zero-order valence-corrected chi connectivity index (χ0v) is 10.4. The Morgan fingerprint density at radius 3 is 2.47 bits per heavy atom. The molecule has 2 aromatic rings. The third kappa shape index (κ3) is 2.45. The molecule has 0 saturated heterocycles. The van der Waals surface area contributed by atoms with Crippen molar-refractivity contribution in [1.29, 1.82) is 0 Å². The summed E-state index contributed by atoms with van der Waals surface area (Å²) in [6.45, 7) is 0. The molecule has 1 aliphatic rings. The van der Waals surface area contributed by atoms with Crippen molar-refractivity contribution in [3.05, 3.63) is 60.2 Å². The number of nitrogens with one attached hydrogen (secondary N) is 1. The van der Waals surface area contributed by atoms with E-state index in [9.17, 15) is 9.90 Å². The molecule has 3 rings (SSSR count). The number of benzene rings is 2. The summed E-state index contributed by atoms with van der Waals surface area (Å²) >= 11 is 0. The fourth-order valence-electron chi connectivity index (χ4n) is 2.36. The molecule has 1 fully saturated rings. The van der Waals surface area contributed by atoms with Crippen molar-refractivity contribution in [2.75, 3.05) is 5.32 Å². The second-order valence-electron chi connectivity index (χ2n) is 4.87. The monoisotopic (exact) mass is 253 g/mol. The Bertz CT molecular complexity index is 595. The fourth-order valence-corrected chi connectivity index (χ4v) is 2.36. The highest BCUT2D eigenvalue weighted by Crippen LogP contribution is 2.48. The molecule has 3 nitrogen and oxygen atoms in total. The summed E-state index contributed by atoms with van der Waals surface area (Å²) in [6, 6.07) is 16.9. The van der Waals surface area contributed by atoms with E-state index in [2.05, 4.69) is 17.4 Å². The van der Waals surface area contributed by atoms with Crippen molar-refractivity contribution in [3.63, 3.8) is 0 Å². The number of anilines is 1. The van der Waals surface area contributed by atoms with Crippen LogP contribution in [0.25, 0.3) is 0 Å². The van der Waals surface area contributed by atoms with Crippen LogP contribution in [0, 0.1) is 5.92 Å². The van der Waals surface area contributed by atoms with Gasteiger partial charge in [-0.25, -0.2) is 0 Å². The number of rotatable bonds is 3. The molecule has 1 amide bonds. The summed E-state index contributed by atoms with van der Waals surface area (Å²) in [7, 11) is 0. The topological polar surface area (TPSA) is 49.3 Å². The normalized spacial score (nSPS) is 20.8. The quantitative estimate of drug-likeness (QED) is 0.826. The Labute approximate surface area is 111 Å². The van der Waals surface area contributed by atoms with E-state index in [4.69, 9.17) is 0 Å². The first kappa shape index (κ1) is 11.8. The van der Waals surface area contributed by atoms with E-state index in [1.54, 1.807) is 24.3 Å². The van der Waals surface area contributed by atoms with Crippen LogP contribution in [-0.4, -0.2) is 11.0 Å². The first-order valence-corrected chi connectivity index (χ1v) is 6.39. The number of carbonyl (C=O) groups is 1. The van der Waals surface area contributed by atoms with E-state index in [-0.39, 0.29) is 17.6 Å². The zero-order valence-electron chi connectivity index (χ0n) is 10.4. The summed E-state index contributed by atoms with van der Waals surface area (Å²) in [5.74, 6) is 0.414. The second kappa shape index (κ2) is 4.76. The first-order valence-electron chi connectivity index (χ1n) is 6.39. The standard InChI is InChI=1S/C16H15NO2/c18-15-9-5-4-8-14(15)17-16(19)13-10-12(13)11-6-2-1-3-7-11/h1-9,12-13,18H,10H2,(H,17,19)/t12-,13+/m0/s1. The van der Waals surface area contributed by atoms with Crippen molar-refractivity contribution in [2.24, 2.45) is 5.92 Å². The van der Waals surface area contributed by atoms with E-state index < -0.39 is 0 Å². The fraction of sp³-hybridized carbons (Fsp3) is 0.188. The van der Waals surface area contributed by atoms with Gasteiger partial charge in [-0.1, -0.05) is 42.5 Å². The molecule has 0 aliphatic heterocycles. The maximum absolute atomic E-state index is 12.1. The zero-order chi connectivity index (χ0) is 13.2. The molecule has 1 aliphatic carbocycles. The van der Waals surface area contributed by atoms with Crippen LogP contribution in [0.1, 0.15) is 17.9 Å². The first-order chi connectivity index (χ1) is 9.25. The van der Waals surface area contributed by atoms with Crippen LogP contribution in [0.5, 0.6) is 5.75 Å². The Kier molecular flexibility index (Phi) is 2.95. The van der Waals surface area contributed by atoms with Gasteiger partial charge in [0.05, 0.1) is 5.69 Å². The molecular weight excluding hydrogens is 238 g/mol. The maximum Gasteiger partial charge on any atom is 0.228 e. The van der Waals surface area contributed by atoms with Crippen molar-refractivity contribution in [2.45, 2.75) is 12.3 Å². The average molecular weight is 253 g/mol. The lowest BCUT2D eigenvalue weighted by molar-refractivity contribution is -0.117. The molecule has 1 saturated carbocycles. The van der Waals surface area contributed by atoms with Gasteiger partial charge in [-0.15, -0.1) is 0 Å². The Balaban J connectivity index is 1.66. The number of hydrogen-bond donors (Lipinski definition) is 2. The molecule has 0 radical (unpaired) electrons. The van der Waals surface area contributed by atoms with Crippen LogP contribution < -0.4 is 5.32 Å². The number of hydrogen-bond acceptors (Lipinski definition) is 2. The summed E-state index contributed by atoms with van der Waals surface area (Å²) < 4.78 is 0. The van der Waals surface area contributed by atoms with Gasteiger partial charge in [0, 0.05) is 5.92 Å². The summed E-state index contributed by atoms with van der Waals surface area (Å²) in [5.41, 5.74) is 1.69. The molecule has 3 heteroatoms. The van der Waals surface area contributed by atoms with Crippen molar-refractivity contribution >= 4 is 11.6 Å². The lowest BCUT2D eigenvalue weighted by Gasteiger charge is -2.06. The second-order valence-corrected chi connectivity index (χ2v) is 4.87. The lowest BCUT2D eigenvalue weighted by Crippen LogP contribution is -2.14. The molecule has 2 atom stereocenters. The predicted molar refractivity (Wildman–Crippen MR) is 74.0 cm³/mol. The molecule has 0 bridgehead atoms.